The summed E-state index contributed by atoms with van der Waals surface area (Å²) in [5, 5.41) is 1.29. The number of hydrogen-bond donors (Lipinski definition) is 0. The topological polar surface area (TPSA) is 16.4 Å². The van der Waals surface area contributed by atoms with Crippen LogP contribution < -0.4 is 38.2 Å². The molecule has 162 valence electrons. The molecule has 0 aliphatic carbocycles. The van der Waals surface area contributed by atoms with Gasteiger partial charge in [0.25, 0.3) is 5.01 Å². The molecule has 0 atom stereocenters. The molecule has 0 fully saturated rings. The van der Waals surface area contributed by atoms with Gasteiger partial charge in [0.2, 0.25) is 5.52 Å². The van der Waals surface area contributed by atoms with Crippen molar-refractivity contribution in [2.24, 2.45) is 0 Å². The summed E-state index contributed by atoms with van der Waals surface area (Å²) >= 11 is 1.84. The van der Waals surface area contributed by atoms with Crippen molar-refractivity contribution in [3.63, 3.8) is 0 Å². The van der Waals surface area contributed by atoms with Gasteiger partial charge in [-0.25, -0.2) is 0 Å². The Morgan fingerprint density at radius 2 is 1.70 bits per heavy atom. The zero-order valence-electron chi connectivity index (χ0n) is 18.5. The fourth-order valence-electron chi connectivity index (χ4n) is 3.49. The Bertz CT molecular complexity index is 948. The van der Waals surface area contributed by atoms with E-state index in [0.29, 0.717) is 0 Å². The second-order valence-corrected chi connectivity index (χ2v) is 8.72. The van der Waals surface area contributed by atoms with Crippen molar-refractivity contribution in [2.45, 2.75) is 45.6 Å². The highest BCUT2D eigenvalue weighted by Crippen LogP contribution is 2.27. The molecule has 3 rings (SSSR count). The van der Waals surface area contributed by atoms with E-state index in [0.717, 1.165) is 12.3 Å². The number of aromatic nitrogens is 1. The Balaban J connectivity index is 0.00000320. The molecule has 1 heterocycles. The fraction of sp³-hybridized carbons (Fsp3) is 0.400. The van der Waals surface area contributed by atoms with E-state index in [4.69, 9.17) is 4.74 Å². The van der Waals surface area contributed by atoms with Crippen LogP contribution in [-0.2, 0) is 6.54 Å². The smallest absolute Gasteiger partial charge is 0.262 e. The van der Waals surface area contributed by atoms with Crippen LogP contribution >= 0.6 is 11.3 Å². The van der Waals surface area contributed by atoms with E-state index in [2.05, 4.69) is 85.1 Å². The summed E-state index contributed by atoms with van der Waals surface area (Å²) in [6.07, 6.45) is 10.9. The molecule has 0 radical (unpaired) electrons. The van der Waals surface area contributed by atoms with E-state index in [1.807, 2.05) is 11.3 Å². The first-order valence-corrected chi connectivity index (χ1v) is 11.4. The summed E-state index contributed by atoms with van der Waals surface area (Å²) in [6, 6.07) is 15.1. The lowest BCUT2D eigenvalue weighted by molar-refractivity contribution is -0.669. The maximum Gasteiger partial charge on any atom is 0.262 e. The standard InChI is InChI=1S/C25H33N2OS.HI/c1-5-6-7-8-9-18-27-23-16-15-22(28-4)19-24(23)29-25(27)17-12-20-10-13-21(14-11-20)26(2)3;/h10-17,19H,5-9,18H2,1-4H3;1H/q+1;/p-1. The molecule has 3 nitrogen and oxygen atoms in total. The van der Waals surface area contributed by atoms with E-state index < -0.39 is 0 Å². The number of aryl methyl sites for hydroxylation is 1. The molecule has 0 saturated carbocycles. The van der Waals surface area contributed by atoms with Crippen LogP contribution in [0.3, 0.4) is 0 Å². The van der Waals surface area contributed by atoms with E-state index in [-0.39, 0.29) is 24.0 Å². The SMILES string of the molecule is CCCCCCC[n+]1c(/C=C/c2ccc(N(C)C)cc2)sc2cc(OC)ccc21.[I-]. The first-order valence-electron chi connectivity index (χ1n) is 10.6. The zero-order chi connectivity index (χ0) is 20.6. The molecule has 0 amide bonds. The second kappa shape index (κ2) is 12.3. The van der Waals surface area contributed by atoms with Gasteiger partial charge in [0.1, 0.15) is 10.4 Å². The van der Waals surface area contributed by atoms with Crippen LogP contribution in [0, 0.1) is 0 Å². The van der Waals surface area contributed by atoms with Crippen molar-refractivity contribution in [3.05, 3.63) is 53.0 Å². The average molecular weight is 537 g/mol. The highest BCUT2D eigenvalue weighted by molar-refractivity contribution is 7.18. The molecule has 0 saturated heterocycles. The first kappa shape index (κ1) is 24.7. The van der Waals surface area contributed by atoms with Crippen molar-refractivity contribution >= 4 is 39.4 Å². The van der Waals surface area contributed by atoms with Crippen LogP contribution in [0.1, 0.15) is 49.6 Å². The molecule has 0 bridgehead atoms. The lowest BCUT2D eigenvalue weighted by atomic mass is 10.1. The molecule has 0 aliphatic rings. The number of halogens is 1. The van der Waals surface area contributed by atoms with Gasteiger partial charge < -0.3 is 33.6 Å². The zero-order valence-corrected chi connectivity index (χ0v) is 21.5. The summed E-state index contributed by atoms with van der Waals surface area (Å²) in [4.78, 5) is 2.12. The monoisotopic (exact) mass is 536 g/mol. The predicted octanol–water partition coefficient (Wildman–Crippen LogP) is 3.41. The molecule has 0 N–H and O–H groups in total. The van der Waals surface area contributed by atoms with Gasteiger partial charge in [0.05, 0.1) is 7.11 Å². The molecule has 3 aromatic rings. The number of benzene rings is 2. The van der Waals surface area contributed by atoms with Gasteiger partial charge in [-0.3, -0.25) is 0 Å². The van der Waals surface area contributed by atoms with Gasteiger partial charge in [-0.2, -0.15) is 4.57 Å². The quantitative estimate of drug-likeness (QED) is 0.225. The minimum absolute atomic E-state index is 0. The second-order valence-electron chi connectivity index (χ2n) is 7.66. The van der Waals surface area contributed by atoms with Crippen molar-refractivity contribution in [1.29, 1.82) is 0 Å². The summed E-state index contributed by atoms with van der Waals surface area (Å²) in [5.74, 6) is 0.920. The Kier molecular flexibility index (Phi) is 10.1. The van der Waals surface area contributed by atoms with Crippen LogP contribution in [0.2, 0.25) is 0 Å². The predicted molar refractivity (Wildman–Crippen MR) is 127 cm³/mol. The Morgan fingerprint density at radius 3 is 2.37 bits per heavy atom. The van der Waals surface area contributed by atoms with E-state index in [1.165, 1.54) is 58.6 Å². The maximum absolute atomic E-state index is 5.43. The van der Waals surface area contributed by atoms with Gasteiger partial charge in [-0.1, -0.05) is 49.7 Å². The van der Waals surface area contributed by atoms with E-state index in [1.54, 1.807) is 7.11 Å². The Hall–Kier alpha value is -1.60. The first-order chi connectivity index (χ1) is 14.1. The number of hydrogen-bond acceptors (Lipinski definition) is 3. The highest BCUT2D eigenvalue weighted by atomic mass is 127. The van der Waals surface area contributed by atoms with E-state index >= 15 is 0 Å². The Labute approximate surface area is 202 Å². The molecule has 30 heavy (non-hydrogen) atoms. The molecule has 0 aliphatic heterocycles. The van der Waals surface area contributed by atoms with Crippen LogP contribution in [0.15, 0.2) is 42.5 Å². The average Bonchev–Trinajstić information content (AvgIpc) is 3.09. The summed E-state index contributed by atoms with van der Waals surface area (Å²) in [5.41, 5.74) is 3.74. The minimum Gasteiger partial charge on any atom is -1.00 e. The summed E-state index contributed by atoms with van der Waals surface area (Å²) in [7, 11) is 5.87. The largest absolute Gasteiger partial charge is 1.00 e. The normalized spacial score (nSPS) is 11.1. The highest BCUT2D eigenvalue weighted by Gasteiger charge is 2.18. The van der Waals surface area contributed by atoms with Gasteiger partial charge >= 0.3 is 0 Å². The lowest BCUT2D eigenvalue weighted by Gasteiger charge is -2.11. The Morgan fingerprint density at radius 1 is 0.967 bits per heavy atom. The number of nitrogens with zero attached hydrogens (tertiary/aromatic N) is 2. The summed E-state index contributed by atoms with van der Waals surface area (Å²) < 4.78 is 9.18. The number of rotatable bonds is 10. The third-order valence-electron chi connectivity index (χ3n) is 5.25. The number of thiazole rings is 1. The van der Waals surface area contributed by atoms with Crippen molar-refractivity contribution in [3.8, 4) is 5.75 Å². The van der Waals surface area contributed by atoms with Crippen LogP contribution in [0.5, 0.6) is 5.75 Å². The lowest BCUT2D eigenvalue weighted by Crippen LogP contribution is -3.00. The molecular weight excluding hydrogens is 503 g/mol. The van der Waals surface area contributed by atoms with Gasteiger partial charge in [0, 0.05) is 44.4 Å². The third-order valence-corrected chi connectivity index (χ3v) is 6.36. The van der Waals surface area contributed by atoms with Gasteiger partial charge in [0.15, 0.2) is 6.54 Å². The van der Waals surface area contributed by atoms with Crippen LogP contribution in [0.4, 0.5) is 5.69 Å². The molecule has 5 heteroatoms. The maximum atomic E-state index is 5.43. The van der Waals surface area contributed by atoms with Gasteiger partial charge in [-0.15, -0.1) is 0 Å². The van der Waals surface area contributed by atoms with Gasteiger partial charge in [-0.05, 0) is 36.3 Å². The van der Waals surface area contributed by atoms with Crippen molar-refractivity contribution in [1.82, 2.24) is 0 Å². The van der Waals surface area contributed by atoms with Crippen molar-refractivity contribution in [2.75, 3.05) is 26.1 Å². The van der Waals surface area contributed by atoms with Crippen molar-refractivity contribution < 1.29 is 33.3 Å². The van der Waals surface area contributed by atoms with Crippen LogP contribution in [0.25, 0.3) is 22.4 Å². The summed E-state index contributed by atoms with van der Waals surface area (Å²) in [6.45, 7) is 3.33. The number of methoxy groups -OCH3 is 1. The number of fused-ring (bicyclic) bond motifs is 1. The number of unbranched alkanes of at least 4 members (excludes halogenated alkanes) is 4. The van der Waals surface area contributed by atoms with Crippen LogP contribution in [-0.4, -0.2) is 21.2 Å². The van der Waals surface area contributed by atoms with E-state index in [9.17, 15) is 0 Å². The number of ether oxygens (including phenoxy) is 1. The minimum atomic E-state index is 0. The molecule has 1 aromatic heterocycles. The molecule has 0 unspecified atom stereocenters. The molecule has 2 aromatic carbocycles. The number of anilines is 1. The molecule has 0 spiro atoms. The third kappa shape index (κ3) is 6.45. The molecular formula is C25H33IN2OS. The fourth-order valence-corrected chi connectivity index (χ4v) is 4.61.